The number of primary amides is 1. The molecular formula is C25H31N5O5S2. The van der Waals surface area contributed by atoms with Crippen molar-refractivity contribution in [3.63, 3.8) is 0 Å². The van der Waals surface area contributed by atoms with Gasteiger partial charge in [-0.2, -0.15) is 0 Å². The lowest BCUT2D eigenvalue weighted by atomic mass is 10.1. The van der Waals surface area contributed by atoms with Gasteiger partial charge in [0.2, 0.25) is 5.91 Å². The normalized spacial score (nSPS) is 11.0. The highest BCUT2D eigenvalue weighted by atomic mass is 32.2. The Morgan fingerprint density at radius 2 is 1.89 bits per heavy atom. The molecule has 2 amide bonds. The molecule has 0 bridgehead atoms. The summed E-state index contributed by atoms with van der Waals surface area (Å²) in [6.07, 6.45) is 1.71. The summed E-state index contributed by atoms with van der Waals surface area (Å²) in [5.74, 6) is -0.217. The molecule has 0 aliphatic heterocycles. The predicted molar refractivity (Wildman–Crippen MR) is 144 cm³/mol. The van der Waals surface area contributed by atoms with Crippen molar-refractivity contribution in [3.05, 3.63) is 40.3 Å². The van der Waals surface area contributed by atoms with Crippen molar-refractivity contribution < 1.29 is 23.9 Å². The lowest BCUT2D eigenvalue weighted by molar-refractivity contribution is -0.113. The predicted octanol–water partition coefficient (Wildman–Crippen LogP) is 4.43. The van der Waals surface area contributed by atoms with Crippen LogP contribution < -0.4 is 15.8 Å². The Balaban J connectivity index is 1.68. The van der Waals surface area contributed by atoms with Crippen LogP contribution >= 0.6 is 23.1 Å². The van der Waals surface area contributed by atoms with E-state index in [4.69, 9.17) is 15.2 Å². The van der Waals surface area contributed by atoms with Gasteiger partial charge in [0.15, 0.2) is 11.0 Å². The van der Waals surface area contributed by atoms with Crippen LogP contribution in [0.25, 0.3) is 11.4 Å². The zero-order chi connectivity index (χ0) is 27.1. The van der Waals surface area contributed by atoms with E-state index >= 15 is 0 Å². The molecule has 0 aliphatic carbocycles. The van der Waals surface area contributed by atoms with Gasteiger partial charge in [-0.3, -0.25) is 9.59 Å². The second-order valence-electron chi connectivity index (χ2n) is 8.51. The lowest BCUT2D eigenvalue weighted by Crippen LogP contribution is -2.18. The number of rotatable bonds is 12. The number of hydrogen-bond donors (Lipinski definition) is 2. The maximum Gasteiger partial charge on any atom is 0.341 e. The van der Waals surface area contributed by atoms with Crippen LogP contribution in [0.2, 0.25) is 0 Å². The monoisotopic (exact) mass is 545 g/mol. The minimum Gasteiger partial charge on any atom is -0.494 e. The molecule has 3 N–H and O–H groups in total. The van der Waals surface area contributed by atoms with Gasteiger partial charge in [-0.15, -0.1) is 21.5 Å². The summed E-state index contributed by atoms with van der Waals surface area (Å²) in [5, 5.41) is 12.0. The molecule has 0 aliphatic rings. The molecule has 0 atom stereocenters. The Morgan fingerprint density at radius 1 is 1.19 bits per heavy atom. The second kappa shape index (κ2) is 12.7. The van der Waals surface area contributed by atoms with Crippen LogP contribution in [0.15, 0.2) is 29.4 Å². The van der Waals surface area contributed by atoms with Crippen molar-refractivity contribution in [2.75, 3.05) is 17.7 Å². The Morgan fingerprint density at radius 3 is 2.51 bits per heavy atom. The summed E-state index contributed by atoms with van der Waals surface area (Å²) in [6.45, 7) is 7.83. The number of hydrogen-bond acceptors (Lipinski definition) is 9. The van der Waals surface area contributed by atoms with Crippen LogP contribution in [0.3, 0.4) is 0 Å². The van der Waals surface area contributed by atoms with Crippen LogP contribution in [0, 0.1) is 6.92 Å². The molecule has 10 nitrogen and oxygen atoms in total. The minimum absolute atomic E-state index is 0.0116. The maximum atomic E-state index is 12.7. The van der Waals surface area contributed by atoms with Crippen molar-refractivity contribution >= 4 is 45.9 Å². The van der Waals surface area contributed by atoms with Crippen molar-refractivity contribution in [2.24, 2.45) is 12.8 Å². The number of esters is 1. The molecule has 2 heterocycles. The number of benzene rings is 1. The molecule has 198 valence electrons. The van der Waals surface area contributed by atoms with Crippen LogP contribution in [-0.2, 0) is 16.6 Å². The number of ether oxygens (including phenoxy) is 2. The van der Waals surface area contributed by atoms with Crippen LogP contribution in [-0.4, -0.2) is 51.0 Å². The van der Waals surface area contributed by atoms with Crippen molar-refractivity contribution in [2.45, 2.75) is 51.8 Å². The van der Waals surface area contributed by atoms with Crippen LogP contribution in [0.5, 0.6) is 5.75 Å². The van der Waals surface area contributed by atoms with Crippen LogP contribution in [0.1, 0.15) is 59.2 Å². The second-order valence-corrected chi connectivity index (χ2v) is 10.5. The highest BCUT2D eigenvalue weighted by Gasteiger charge is 2.26. The number of thioether (sulfide) groups is 1. The number of anilines is 1. The Bertz CT molecular complexity index is 1270. The van der Waals surface area contributed by atoms with Gasteiger partial charge in [0.25, 0.3) is 5.91 Å². The third kappa shape index (κ3) is 7.10. The molecule has 1 aromatic carbocycles. The van der Waals surface area contributed by atoms with Crippen molar-refractivity contribution in [3.8, 4) is 17.1 Å². The Kier molecular flexibility index (Phi) is 9.70. The van der Waals surface area contributed by atoms with Gasteiger partial charge in [-0.1, -0.05) is 25.1 Å². The molecule has 0 unspecified atom stereocenters. The molecule has 12 heteroatoms. The van der Waals surface area contributed by atoms with E-state index in [1.807, 2.05) is 31.3 Å². The third-order valence-electron chi connectivity index (χ3n) is 5.22. The van der Waals surface area contributed by atoms with Gasteiger partial charge < -0.3 is 25.1 Å². The number of carbonyl (C=O) groups is 3. The first-order valence-electron chi connectivity index (χ1n) is 11.8. The Hall–Kier alpha value is -3.38. The van der Waals surface area contributed by atoms with Gasteiger partial charge in [0.1, 0.15) is 10.8 Å². The molecule has 0 fully saturated rings. The zero-order valence-electron chi connectivity index (χ0n) is 21.5. The number of nitrogens with one attached hydrogen (secondary N) is 1. The topological polar surface area (TPSA) is 138 Å². The first kappa shape index (κ1) is 28.2. The third-order valence-corrected chi connectivity index (χ3v) is 7.46. The van der Waals surface area contributed by atoms with E-state index in [1.165, 1.54) is 11.8 Å². The quantitative estimate of drug-likeness (QED) is 0.194. The fourth-order valence-corrected chi connectivity index (χ4v) is 5.15. The van der Waals surface area contributed by atoms with E-state index in [0.29, 0.717) is 23.2 Å². The molecular weight excluding hydrogens is 514 g/mol. The molecule has 0 saturated carbocycles. The van der Waals surface area contributed by atoms with E-state index in [1.54, 1.807) is 25.3 Å². The summed E-state index contributed by atoms with van der Waals surface area (Å²) in [4.78, 5) is 37.3. The molecule has 3 aromatic rings. The number of nitrogens with zero attached hydrogens (tertiary/aromatic N) is 3. The highest BCUT2D eigenvalue weighted by molar-refractivity contribution is 7.99. The number of nitrogens with two attached hydrogens (primary N) is 1. The fourth-order valence-electron chi connectivity index (χ4n) is 3.37. The molecule has 0 radical (unpaired) electrons. The van der Waals surface area contributed by atoms with Crippen molar-refractivity contribution in [1.29, 1.82) is 0 Å². The molecule has 0 spiro atoms. The maximum absolute atomic E-state index is 12.7. The highest BCUT2D eigenvalue weighted by Crippen LogP contribution is 2.34. The Labute approximate surface area is 223 Å². The van der Waals surface area contributed by atoms with E-state index in [2.05, 4.69) is 22.4 Å². The summed E-state index contributed by atoms with van der Waals surface area (Å²) in [6, 6.07) is 7.62. The number of aromatic nitrogens is 3. The smallest absolute Gasteiger partial charge is 0.341 e. The van der Waals surface area contributed by atoms with Gasteiger partial charge >= 0.3 is 5.97 Å². The van der Waals surface area contributed by atoms with Gasteiger partial charge in [-0.05, 0) is 57.0 Å². The summed E-state index contributed by atoms with van der Waals surface area (Å²) >= 11 is 2.15. The molecule has 37 heavy (non-hydrogen) atoms. The van der Waals surface area contributed by atoms with Crippen LogP contribution in [0.4, 0.5) is 5.00 Å². The van der Waals surface area contributed by atoms with Crippen molar-refractivity contribution in [1.82, 2.24) is 14.8 Å². The SMILES string of the molecule is CCCCOc1ccc(-c2nnc(SCC(=O)Nc3sc(C(N)=O)c(C)c3C(=O)OC(C)C)n2C)cc1. The lowest BCUT2D eigenvalue weighted by Gasteiger charge is -2.10. The largest absolute Gasteiger partial charge is 0.494 e. The average molecular weight is 546 g/mol. The molecule has 0 saturated heterocycles. The van der Waals surface area contributed by atoms with E-state index in [0.717, 1.165) is 35.5 Å². The van der Waals surface area contributed by atoms with E-state index in [-0.39, 0.29) is 33.2 Å². The average Bonchev–Trinajstić information content (AvgIpc) is 3.37. The summed E-state index contributed by atoms with van der Waals surface area (Å²) in [7, 11) is 1.82. The number of unbranched alkanes of at least 4 members (excludes halogenated alkanes) is 1. The van der Waals surface area contributed by atoms with Gasteiger partial charge in [0, 0.05) is 12.6 Å². The molecule has 3 rings (SSSR count). The number of thiophene rings is 1. The first-order chi connectivity index (χ1) is 17.6. The minimum atomic E-state index is -0.678. The zero-order valence-corrected chi connectivity index (χ0v) is 23.1. The molecule has 2 aromatic heterocycles. The first-order valence-corrected chi connectivity index (χ1v) is 13.6. The van der Waals surface area contributed by atoms with Gasteiger partial charge in [-0.25, -0.2) is 4.79 Å². The van der Waals surface area contributed by atoms with E-state index in [9.17, 15) is 14.4 Å². The van der Waals surface area contributed by atoms with Gasteiger partial charge in [0.05, 0.1) is 28.9 Å². The number of carbonyl (C=O) groups excluding carboxylic acids is 3. The number of amides is 2. The fraction of sp³-hybridized carbons (Fsp3) is 0.400. The summed E-state index contributed by atoms with van der Waals surface area (Å²) in [5.41, 5.74) is 6.83. The summed E-state index contributed by atoms with van der Waals surface area (Å²) < 4.78 is 12.8. The standard InChI is InChI=1S/C25H31N5O5S2/c1-6-7-12-34-17-10-8-16(9-11-17)22-28-29-25(30(22)5)36-13-18(31)27-23-19(24(33)35-14(2)3)15(4)20(37-23)21(26)32/h8-11,14H,6-7,12-13H2,1-5H3,(H2,26,32)(H,27,31). The van der Waals surface area contributed by atoms with E-state index < -0.39 is 11.9 Å².